The molecule has 1 aromatic rings. The summed E-state index contributed by atoms with van der Waals surface area (Å²) in [4.78, 5) is 0. The van der Waals surface area contributed by atoms with Crippen molar-refractivity contribution < 1.29 is 4.74 Å². The maximum Gasteiger partial charge on any atom is 0.159 e. The summed E-state index contributed by atoms with van der Waals surface area (Å²) in [7, 11) is 0. The third-order valence-corrected chi connectivity index (χ3v) is 2.92. The highest BCUT2D eigenvalue weighted by molar-refractivity contribution is 9.08. The molecule has 0 amide bonds. The zero-order valence-corrected chi connectivity index (χ0v) is 10.7. The quantitative estimate of drug-likeness (QED) is 0.774. The number of alkyl halides is 1. The first kappa shape index (κ1) is 11.1. The molecule has 0 bridgehead atoms. The minimum absolute atomic E-state index is 0.238. The number of halogens is 1. The Hall–Kier alpha value is -0.420. The SMILES string of the molecule is CC(C)OCc1nnc(CBr)n1C1CC1. The predicted octanol–water partition coefficient (Wildman–Crippen LogP) is 2.43. The minimum atomic E-state index is 0.238. The van der Waals surface area contributed by atoms with Gasteiger partial charge in [-0.2, -0.15) is 0 Å². The van der Waals surface area contributed by atoms with Gasteiger partial charge in [0.1, 0.15) is 12.4 Å². The zero-order valence-electron chi connectivity index (χ0n) is 9.11. The van der Waals surface area contributed by atoms with Crippen LogP contribution in [-0.4, -0.2) is 20.9 Å². The van der Waals surface area contributed by atoms with Crippen molar-refractivity contribution in [3.8, 4) is 0 Å². The summed E-state index contributed by atoms with van der Waals surface area (Å²) < 4.78 is 7.79. The molecule has 84 valence electrons. The van der Waals surface area contributed by atoms with Crippen LogP contribution in [-0.2, 0) is 16.7 Å². The van der Waals surface area contributed by atoms with E-state index < -0.39 is 0 Å². The molecular weight excluding hydrogens is 258 g/mol. The second kappa shape index (κ2) is 4.61. The first-order valence-corrected chi connectivity index (χ1v) is 6.44. The van der Waals surface area contributed by atoms with Crippen molar-refractivity contribution in [2.24, 2.45) is 0 Å². The molecule has 0 spiro atoms. The van der Waals surface area contributed by atoms with Crippen LogP contribution in [0.2, 0.25) is 0 Å². The van der Waals surface area contributed by atoms with Gasteiger partial charge in [0.05, 0.1) is 11.4 Å². The smallest absolute Gasteiger partial charge is 0.159 e. The van der Waals surface area contributed by atoms with E-state index in [0.717, 1.165) is 17.0 Å². The highest BCUT2D eigenvalue weighted by atomic mass is 79.9. The molecule has 5 heteroatoms. The van der Waals surface area contributed by atoms with Crippen molar-refractivity contribution in [2.75, 3.05) is 0 Å². The largest absolute Gasteiger partial charge is 0.371 e. The lowest BCUT2D eigenvalue weighted by atomic mass is 10.4. The average Bonchev–Trinajstić information content (AvgIpc) is 2.96. The van der Waals surface area contributed by atoms with Gasteiger partial charge in [-0.15, -0.1) is 10.2 Å². The summed E-state index contributed by atoms with van der Waals surface area (Å²) in [5, 5.41) is 9.10. The summed E-state index contributed by atoms with van der Waals surface area (Å²) in [6, 6.07) is 0.610. The number of ether oxygens (including phenoxy) is 1. The van der Waals surface area contributed by atoms with Gasteiger partial charge in [-0.1, -0.05) is 15.9 Å². The first-order chi connectivity index (χ1) is 7.22. The Balaban J connectivity index is 2.11. The molecule has 1 aliphatic rings. The molecule has 2 rings (SSSR count). The van der Waals surface area contributed by atoms with Crippen LogP contribution in [0, 0.1) is 0 Å². The van der Waals surface area contributed by atoms with E-state index in [4.69, 9.17) is 4.74 Å². The second-order valence-corrected chi connectivity index (χ2v) is 4.69. The average molecular weight is 274 g/mol. The van der Waals surface area contributed by atoms with Crippen LogP contribution < -0.4 is 0 Å². The fourth-order valence-corrected chi connectivity index (χ4v) is 1.93. The summed E-state index contributed by atoms with van der Waals surface area (Å²) >= 11 is 3.43. The van der Waals surface area contributed by atoms with Gasteiger partial charge in [0.25, 0.3) is 0 Å². The molecular formula is C10H16BrN3O. The molecule has 0 N–H and O–H groups in total. The fourth-order valence-electron chi connectivity index (χ4n) is 1.55. The van der Waals surface area contributed by atoms with Crippen LogP contribution in [0.3, 0.4) is 0 Å². The lowest BCUT2D eigenvalue weighted by Gasteiger charge is -2.09. The highest BCUT2D eigenvalue weighted by Crippen LogP contribution is 2.37. The summed E-state index contributed by atoms with van der Waals surface area (Å²) in [6.45, 7) is 4.63. The lowest BCUT2D eigenvalue weighted by Crippen LogP contribution is -2.09. The maximum atomic E-state index is 5.57. The number of hydrogen-bond acceptors (Lipinski definition) is 3. The number of hydrogen-bond donors (Lipinski definition) is 0. The van der Waals surface area contributed by atoms with Gasteiger partial charge >= 0.3 is 0 Å². The van der Waals surface area contributed by atoms with Crippen molar-refractivity contribution in [2.45, 2.75) is 50.8 Å². The number of aromatic nitrogens is 3. The van der Waals surface area contributed by atoms with Gasteiger partial charge in [-0.25, -0.2) is 0 Å². The minimum Gasteiger partial charge on any atom is -0.371 e. The van der Waals surface area contributed by atoms with E-state index in [1.165, 1.54) is 12.8 Å². The maximum absolute atomic E-state index is 5.57. The van der Waals surface area contributed by atoms with Crippen molar-refractivity contribution in [3.63, 3.8) is 0 Å². The number of nitrogens with zero attached hydrogens (tertiary/aromatic N) is 3. The van der Waals surface area contributed by atoms with Gasteiger partial charge in [0.2, 0.25) is 0 Å². The van der Waals surface area contributed by atoms with Gasteiger partial charge in [0, 0.05) is 6.04 Å². The van der Waals surface area contributed by atoms with E-state index >= 15 is 0 Å². The van der Waals surface area contributed by atoms with Crippen molar-refractivity contribution in [3.05, 3.63) is 11.6 Å². The molecule has 1 fully saturated rings. The Morgan fingerprint density at radius 2 is 2.07 bits per heavy atom. The van der Waals surface area contributed by atoms with Crippen LogP contribution in [0.1, 0.15) is 44.4 Å². The standard InChI is InChI=1S/C10H16BrN3O/c1-7(2)15-6-10-13-12-9(5-11)14(10)8-3-4-8/h7-8H,3-6H2,1-2H3. The Bertz CT molecular complexity index is 333. The molecule has 4 nitrogen and oxygen atoms in total. The van der Waals surface area contributed by atoms with E-state index in [1.54, 1.807) is 0 Å². The van der Waals surface area contributed by atoms with E-state index in [-0.39, 0.29) is 6.10 Å². The van der Waals surface area contributed by atoms with Gasteiger partial charge < -0.3 is 9.30 Å². The zero-order chi connectivity index (χ0) is 10.8. The van der Waals surface area contributed by atoms with Crippen LogP contribution in [0.15, 0.2) is 0 Å². The Kier molecular flexibility index (Phi) is 3.41. The molecule has 1 heterocycles. The van der Waals surface area contributed by atoms with Crippen LogP contribution in [0.5, 0.6) is 0 Å². The third kappa shape index (κ3) is 2.58. The normalized spacial score (nSPS) is 16.3. The highest BCUT2D eigenvalue weighted by Gasteiger charge is 2.28. The Morgan fingerprint density at radius 1 is 1.40 bits per heavy atom. The molecule has 0 aliphatic heterocycles. The van der Waals surface area contributed by atoms with Crippen molar-refractivity contribution in [1.82, 2.24) is 14.8 Å². The molecule has 1 aromatic heterocycles. The predicted molar refractivity (Wildman–Crippen MR) is 60.8 cm³/mol. The van der Waals surface area contributed by atoms with E-state index in [0.29, 0.717) is 12.6 Å². The monoisotopic (exact) mass is 273 g/mol. The van der Waals surface area contributed by atoms with Gasteiger partial charge in [-0.05, 0) is 26.7 Å². The molecule has 0 radical (unpaired) electrons. The Morgan fingerprint density at radius 3 is 2.60 bits per heavy atom. The van der Waals surface area contributed by atoms with E-state index in [2.05, 4.69) is 30.7 Å². The molecule has 0 aromatic carbocycles. The molecule has 1 saturated carbocycles. The molecule has 0 unspecified atom stereocenters. The van der Waals surface area contributed by atoms with Crippen LogP contribution in [0.4, 0.5) is 0 Å². The van der Waals surface area contributed by atoms with Crippen LogP contribution in [0.25, 0.3) is 0 Å². The van der Waals surface area contributed by atoms with Crippen molar-refractivity contribution >= 4 is 15.9 Å². The van der Waals surface area contributed by atoms with E-state index in [9.17, 15) is 0 Å². The molecule has 0 atom stereocenters. The first-order valence-electron chi connectivity index (χ1n) is 5.32. The van der Waals surface area contributed by atoms with E-state index in [1.807, 2.05) is 13.8 Å². The topological polar surface area (TPSA) is 39.9 Å². The third-order valence-electron chi connectivity index (χ3n) is 2.41. The summed E-state index contributed by atoms with van der Waals surface area (Å²) in [5.74, 6) is 1.97. The fraction of sp³-hybridized carbons (Fsp3) is 0.800. The molecule has 1 aliphatic carbocycles. The van der Waals surface area contributed by atoms with Crippen LogP contribution >= 0.6 is 15.9 Å². The van der Waals surface area contributed by atoms with Crippen molar-refractivity contribution in [1.29, 1.82) is 0 Å². The number of rotatable bonds is 5. The summed E-state index contributed by atoms with van der Waals surface area (Å²) in [6.07, 6.45) is 2.72. The molecule has 15 heavy (non-hydrogen) atoms. The van der Waals surface area contributed by atoms with Gasteiger partial charge in [-0.3, -0.25) is 0 Å². The second-order valence-electron chi connectivity index (χ2n) is 4.13. The summed E-state index contributed by atoms with van der Waals surface area (Å²) in [5.41, 5.74) is 0. The van der Waals surface area contributed by atoms with Gasteiger partial charge in [0.15, 0.2) is 5.82 Å². The lowest BCUT2D eigenvalue weighted by molar-refractivity contribution is 0.0591. The molecule has 0 saturated heterocycles. The Labute approximate surface area is 98.2 Å².